The molecule has 0 radical (unpaired) electrons. The number of nitrogen functional groups attached to an aromatic ring is 1. The summed E-state index contributed by atoms with van der Waals surface area (Å²) in [6.45, 7) is 3.30. The quantitative estimate of drug-likeness (QED) is 0.0271. The van der Waals surface area contributed by atoms with Gasteiger partial charge in [-0.15, -0.1) is 0 Å². The number of phosphoric ester groups is 1. The maximum Gasteiger partial charge on any atom is 0.474 e. The minimum Gasteiger partial charge on any atom is -0.388 e. The van der Waals surface area contributed by atoms with Gasteiger partial charge in [-0.2, -0.15) is 0 Å². The van der Waals surface area contributed by atoms with E-state index in [-0.39, 0.29) is 38.5 Å². The van der Waals surface area contributed by atoms with Gasteiger partial charge in [-0.1, -0.05) is 95.5 Å². The Morgan fingerprint density at radius 2 is 1.61 bits per heavy atom. The van der Waals surface area contributed by atoms with Crippen LogP contribution in [0.3, 0.4) is 0 Å². The van der Waals surface area contributed by atoms with E-state index in [0.29, 0.717) is 23.1 Å². The van der Waals surface area contributed by atoms with E-state index in [0.717, 1.165) is 19.3 Å². The highest BCUT2D eigenvalue weighted by molar-refractivity contribution is 7.48. The van der Waals surface area contributed by atoms with Gasteiger partial charge in [-0.25, -0.2) is 24.3 Å². The summed E-state index contributed by atoms with van der Waals surface area (Å²) in [5.41, 5.74) is 15.0. The van der Waals surface area contributed by atoms with Gasteiger partial charge in [0.15, 0.2) is 17.7 Å². The zero-order chi connectivity index (χ0) is 39.9. The molecule has 5 rings (SSSR count). The van der Waals surface area contributed by atoms with E-state index >= 15 is 0 Å². The van der Waals surface area contributed by atoms with Crippen LogP contribution in [0.4, 0.5) is 5.82 Å². The molecule has 2 aliphatic heterocycles. The second-order valence-electron chi connectivity index (χ2n) is 14.6. The van der Waals surface area contributed by atoms with Gasteiger partial charge >= 0.3 is 13.5 Å². The number of unbranched alkanes of at least 4 members (excludes halogenated alkanes) is 13. The Kier molecular flexibility index (Phi) is 16.9. The van der Waals surface area contributed by atoms with Crippen molar-refractivity contribution in [3.05, 3.63) is 55.7 Å². The Labute approximate surface area is 325 Å². The summed E-state index contributed by atoms with van der Waals surface area (Å²) in [7, 11) is -4.27. The standard InChI is InChI=1S/C36H57N10O9P/c1-3-4-5-6-7-8-9-10-11-12-13-14-15-16-17-51-56(50,52-21-26-18-28(47)35(54-26)46-24-41-31-32(37)39-23-40-33(31)46)53-22-29-27(43-44-38)19-30(55-29)45-20-25(2)34(48)42-36(45)49/h20,23-24,26-30,35,47H,3-19,21-22H2,1-2H3,(H2,37,39,40)(H,42,48,49)/t26-,27-,28+,29+,30+,35+,56?/m0/s1. The molecule has 0 bridgehead atoms. The first kappa shape index (κ1) is 43.5. The monoisotopic (exact) mass is 804 g/mol. The van der Waals surface area contributed by atoms with Gasteiger partial charge < -0.3 is 20.3 Å². The number of aromatic amines is 1. The highest BCUT2D eigenvalue weighted by Crippen LogP contribution is 2.51. The number of fused-ring (bicyclic) bond motifs is 1. The van der Waals surface area contributed by atoms with E-state index in [1.54, 1.807) is 11.5 Å². The largest absolute Gasteiger partial charge is 0.474 e. The van der Waals surface area contributed by atoms with Gasteiger partial charge in [0.25, 0.3) is 5.56 Å². The van der Waals surface area contributed by atoms with E-state index in [2.05, 4.69) is 36.9 Å². The van der Waals surface area contributed by atoms with Crippen LogP contribution in [0, 0.1) is 6.92 Å². The molecule has 3 aromatic heterocycles. The molecule has 20 heteroatoms. The van der Waals surface area contributed by atoms with Crippen molar-refractivity contribution < 1.29 is 32.7 Å². The van der Waals surface area contributed by atoms with Crippen molar-refractivity contribution in [2.75, 3.05) is 25.6 Å². The number of anilines is 1. The molecule has 0 aliphatic carbocycles. The van der Waals surface area contributed by atoms with Crippen molar-refractivity contribution in [3.8, 4) is 0 Å². The summed E-state index contributed by atoms with van der Waals surface area (Å²) < 4.78 is 46.5. The third-order valence-corrected chi connectivity index (χ3v) is 11.7. The van der Waals surface area contributed by atoms with Gasteiger partial charge in [0.2, 0.25) is 0 Å². The fraction of sp³-hybridized carbons (Fsp3) is 0.750. The molecule has 2 fully saturated rings. The molecule has 2 saturated heterocycles. The minimum absolute atomic E-state index is 0.100. The first-order valence-electron chi connectivity index (χ1n) is 19.9. The summed E-state index contributed by atoms with van der Waals surface area (Å²) in [5, 5.41) is 14.7. The fourth-order valence-electron chi connectivity index (χ4n) is 7.09. The second-order valence-corrected chi connectivity index (χ2v) is 16.3. The lowest BCUT2D eigenvalue weighted by Gasteiger charge is -2.23. The van der Waals surface area contributed by atoms with Gasteiger partial charge in [0, 0.05) is 29.5 Å². The second kappa shape index (κ2) is 21.7. The van der Waals surface area contributed by atoms with Crippen LogP contribution < -0.4 is 17.0 Å². The number of rotatable bonds is 25. The van der Waals surface area contributed by atoms with Crippen LogP contribution in [-0.4, -0.2) is 78.4 Å². The van der Waals surface area contributed by atoms with E-state index in [1.807, 2.05) is 0 Å². The number of aryl methyl sites for hydroxylation is 1. The lowest BCUT2D eigenvalue weighted by molar-refractivity contribution is -0.0541. The Hall–Kier alpha value is -3.67. The Balaban J connectivity index is 1.14. The normalized spacial score (nSPS) is 23.4. The third-order valence-electron chi connectivity index (χ3n) is 10.2. The first-order chi connectivity index (χ1) is 27.1. The van der Waals surface area contributed by atoms with E-state index in [9.17, 15) is 24.8 Å². The molecule has 0 spiro atoms. The Bertz CT molecular complexity index is 1900. The van der Waals surface area contributed by atoms with Gasteiger partial charge in [0.1, 0.15) is 24.2 Å². The summed E-state index contributed by atoms with van der Waals surface area (Å²) in [6.07, 6.45) is 16.6. The SMILES string of the molecule is CCCCCCCCCCCCCCCCOP(=O)(OC[C@@H]1C[C@@H](O)[C@H](n2cnc3c(N)ncnc32)O1)OC[C@H]1O[C@@H](n2cc(C)c(=O)[nH]c2=O)C[C@@H]1N=[N+]=[N-]. The van der Waals surface area contributed by atoms with Crippen molar-refractivity contribution in [1.82, 2.24) is 29.1 Å². The molecule has 0 saturated carbocycles. The zero-order valence-electron chi connectivity index (χ0n) is 32.4. The predicted molar refractivity (Wildman–Crippen MR) is 208 cm³/mol. The van der Waals surface area contributed by atoms with Crippen LogP contribution in [0.1, 0.15) is 128 Å². The van der Waals surface area contributed by atoms with Gasteiger partial charge in [0.05, 0.1) is 44.4 Å². The van der Waals surface area contributed by atoms with Crippen LogP contribution >= 0.6 is 7.82 Å². The molecular weight excluding hydrogens is 747 g/mol. The number of phosphoric acid groups is 1. The highest BCUT2D eigenvalue weighted by Gasteiger charge is 2.41. The topological polar surface area (TPSA) is 257 Å². The van der Waals surface area contributed by atoms with Crippen LogP contribution in [0.25, 0.3) is 21.6 Å². The van der Waals surface area contributed by atoms with Crippen molar-refractivity contribution in [1.29, 1.82) is 0 Å². The Morgan fingerprint density at radius 3 is 2.29 bits per heavy atom. The number of nitrogens with two attached hydrogens (primary N) is 1. The van der Waals surface area contributed by atoms with E-state index in [1.165, 1.54) is 87.6 Å². The zero-order valence-corrected chi connectivity index (χ0v) is 33.3. The number of nitrogens with zero attached hydrogens (tertiary/aromatic N) is 8. The summed E-state index contributed by atoms with van der Waals surface area (Å²) in [5.74, 6) is 0.191. The van der Waals surface area contributed by atoms with E-state index in [4.69, 9.17) is 28.8 Å². The van der Waals surface area contributed by atoms with Gasteiger partial charge in [-0.05, 0) is 18.9 Å². The smallest absolute Gasteiger partial charge is 0.388 e. The molecule has 4 N–H and O–H groups in total. The average molecular weight is 805 g/mol. The molecule has 2 aliphatic rings. The van der Waals surface area contributed by atoms with Gasteiger partial charge in [-0.3, -0.25) is 32.5 Å². The van der Waals surface area contributed by atoms with Crippen LogP contribution in [0.5, 0.6) is 0 Å². The van der Waals surface area contributed by atoms with Crippen molar-refractivity contribution in [3.63, 3.8) is 0 Å². The van der Waals surface area contributed by atoms with Crippen LogP contribution in [0.2, 0.25) is 0 Å². The predicted octanol–water partition coefficient (Wildman–Crippen LogP) is 6.52. The van der Waals surface area contributed by atoms with E-state index < -0.39 is 55.9 Å². The summed E-state index contributed by atoms with van der Waals surface area (Å²) >= 11 is 0. The number of aliphatic hydroxyl groups excluding tert-OH is 1. The minimum atomic E-state index is -4.27. The lowest BCUT2D eigenvalue weighted by atomic mass is 10.0. The molecule has 1 unspecified atom stereocenters. The molecular formula is C36H57N10O9P. The molecule has 0 amide bonds. The maximum atomic E-state index is 14.1. The number of imidazole rings is 1. The molecule has 19 nitrogen and oxygen atoms in total. The molecule has 7 atom stereocenters. The summed E-state index contributed by atoms with van der Waals surface area (Å²) in [4.78, 5) is 42.1. The lowest BCUT2D eigenvalue weighted by Crippen LogP contribution is -2.33. The molecule has 3 aromatic rings. The highest BCUT2D eigenvalue weighted by atomic mass is 31.2. The number of H-pyrrole nitrogens is 1. The van der Waals surface area contributed by atoms with Crippen molar-refractivity contribution >= 4 is 24.8 Å². The third kappa shape index (κ3) is 12.2. The molecule has 310 valence electrons. The molecule has 5 heterocycles. The number of azide groups is 1. The number of hydrogen-bond acceptors (Lipinski definition) is 14. The van der Waals surface area contributed by atoms with Crippen LogP contribution in [0.15, 0.2) is 33.6 Å². The first-order valence-corrected chi connectivity index (χ1v) is 21.4. The number of nitrogens with one attached hydrogen (secondary N) is 1. The Morgan fingerprint density at radius 1 is 0.946 bits per heavy atom. The van der Waals surface area contributed by atoms with Crippen LogP contribution in [-0.2, 0) is 27.6 Å². The van der Waals surface area contributed by atoms with Crippen molar-refractivity contribution in [2.24, 2.45) is 5.11 Å². The molecule has 0 aromatic carbocycles. The van der Waals surface area contributed by atoms with Crippen molar-refractivity contribution in [2.45, 2.75) is 153 Å². The number of ether oxygens (including phenoxy) is 2. The fourth-order valence-corrected chi connectivity index (χ4v) is 8.35. The average Bonchev–Trinajstić information content (AvgIpc) is 3.90. The number of aliphatic hydroxyl groups is 1. The number of hydrogen-bond donors (Lipinski definition) is 3. The number of aromatic nitrogens is 6. The maximum absolute atomic E-state index is 14.1. The molecule has 56 heavy (non-hydrogen) atoms. The summed E-state index contributed by atoms with van der Waals surface area (Å²) in [6, 6.07) is -0.791.